The first-order valence-corrected chi connectivity index (χ1v) is 6.02. The Labute approximate surface area is 100 Å². The summed E-state index contributed by atoms with van der Waals surface area (Å²) in [5, 5.41) is 0. The fourth-order valence-electron chi connectivity index (χ4n) is 2.57. The molecular weight excluding hydrogens is 216 g/mol. The lowest BCUT2D eigenvalue weighted by molar-refractivity contribution is -0.132. The summed E-state index contributed by atoms with van der Waals surface area (Å²) < 4.78 is 5.54. The molecule has 3 rings (SSSR count). The Kier molecular flexibility index (Phi) is 2.52. The van der Waals surface area contributed by atoms with Crippen LogP contribution in [0, 0.1) is 0 Å². The van der Waals surface area contributed by atoms with E-state index in [2.05, 4.69) is 0 Å². The normalized spacial score (nSPS) is 26.8. The van der Waals surface area contributed by atoms with Gasteiger partial charge in [-0.1, -0.05) is 18.2 Å². The van der Waals surface area contributed by atoms with E-state index in [0.717, 1.165) is 24.3 Å². The maximum atomic E-state index is 12.3. The number of nitrogens with two attached hydrogens (primary N) is 1. The van der Waals surface area contributed by atoms with Crippen LogP contribution in [0.25, 0.3) is 0 Å². The summed E-state index contributed by atoms with van der Waals surface area (Å²) in [6.07, 6.45) is 0.904. The Balaban J connectivity index is 1.80. The standard InChI is InChI=1S/C13H16N2O2/c14-9-5-6-15(7-9)13(16)11-8-17-12-4-2-1-3-10(11)12/h1-4,9,11H,5-8,14H2/t9-,11?/m1/s1. The van der Waals surface area contributed by atoms with Gasteiger partial charge in [-0.25, -0.2) is 0 Å². The summed E-state index contributed by atoms with van der Waals surface area (Å²) in [6, 6.07) is 7.90. The van der Waals surface area contributed by atoms with Gasteiger partial charge in [0.25, 0.3) is 0 Å². The zero-order valence-electron chi connectivity index (χ0n) is 9.63. The predicted octanol–water partition coefficient (Wildman–Crippen LogP) is 0.722. The van der Waals surface area contributed by atoms with Crippen LogP contribution in [0.3, 0.4) is 0 Å². The zero-order chi connectivity index (χ0) is 11.8. The quantitative estimate of drug-likeness (QED) is 0.776. The van der Waals surface area contributed by atoms with E-state index in [-0.39, 0.29) is 17.9 Å². The summed E-state index contributed by atoms with van der Waals surface area (Å²) in [6.45, 7) is 1.92. The average Bonchev–Trinajstić information content (AvgIpc) is 2.94. The Morgan fingerprint density at radius 3 is 3.00 bits per heavy atom. The van der Waals surface area contributed by atoms with E-state index in [9.17, 15) is 4.79 Å². The first-order valence-electron chi connectivity index (χ1n) is 6.02. The Morgan fingerprint density at radius 2 is 2.24 bits per heavy atom. The molecule has 2 N–H and O–H groups in total. The highest BCUT2D eigenvalue weighted by Crippen LogP contribution is 2.35. The van der Waals surface area contributed by atoms with Crippen LogP contribution in [0.1, 0.15) is 17.9 Å². The van der Waals surface area contributed by atoms with Gasteiger partial charge in [0.2, 0.25) is 5.91 Å². The fourth-order valence-corrected chi connectivity index (χ4v) is 2.57. The minimum Gasteiger partial charge on any atom is -0.492 e. The number of nitrogens with zero attached hydrogens (tertiary/aromatic N) is 1. The highest BCUT2D eigenvalue weighted by molar-refractivity contribution is 5.85. The van der Waals surface area contributed by atoms with Gasteiger partial charge in [-0.05, 0) is 12.5 Å². The molecule has 1 aromatic carbocycles. The molecule has 2 atom stereocenters. The van der Waals surface area contributed by atoms with Gasteiger partial charge in [-0.3, -0.25) is 4.79 Å². The van der Waals surface area contributed by atoms with E-state index in [0.29, 0.717) is 13.2 Å². The van der Waals surface area contributed by atoms with Crippen molar-refractivity contribution in [1.82, 2.24) is 4.90 Å². The minimum atomic E-state index is -0.142. The molecule has 0 aromatic heterocycles. The third-order valence-corrected chi connectivity index (χ3v) is 3.53. The Hall–Kier alpha value is -1.55. The van der Waals surface area contributed by atoms with Crippen molar-refractivity contribution in [3.05, 3.63) is 29.8 Å². The van der Waals surface area contributed by atoms with Crippen LogP contribution in [-0.2, 0) is 4.79 Å². The molecular formula is C13H16N2O2. The van der Waals surface area contributed by atoms with Crippen molar-refractivity contribution in [2.75, 3.05) is 19.7 Å². The molecule has 4 heteroatoms. The summed E-state index contributed by atoms with van der Waals surface area (Å²) in [5.74, 6) is 0.855. The second-order valence-electron chi connectivity index (χ2n) is 4.73. The van der Waals surface area contributed by atoms with E-state index in [1.807, 2.05) is 29.2 Å². The van der Waals surface area contributed by atoms with Crippen LogP contribution in [0.5, 0.6) is 5.75 Å². The zero-order valence-corrected chi connectivity index (χ0v) is 9.63. The highest BCUT2D eigenvalue weighted by Gasteiger charge is 2.35. The lowest BCUT2D eigenvalue weighted by Crippen LogP contribution is -2.35. The van der Waals surface area contributed by atoms with Gasteiger partial charge in [0.05, 0.1) is 0 Å². The first-order chi connectivity index (χ1) is 8.25. The van der Waals surface area contributed by atoms with Crippen molar-refractivity contribution in [2.45, 2.75) is 18.4 Å². The average molecular weight is 232 g/mol. The third kappa shape index (κ3) is 1.78. The molecule has 0 aliphatic carbocycles. The molecule has 0 bridgehead atoms. The summed E-state index contributed by atoms with van der Waals surface area (Å²) in [5.41, 5.74) is 6.84. The van der Waals surface area contributed by atoms with Gasteiger partial charge in [0.15, 0.2) is 0 Å². The van der Waals surface area contributed by atoms with Gasteiger partial charge >= 0.3 is 0 Å². The van der Waals surface area contributed by atoms with Crippen LogP contribution >= 0.6 is 0 Å². The van der Waals surface area contributed by atoms with Crippen LogP contribution in [0.2, 0.25) is 0 Å². The van der Waals surface area contributed by atoms with Crippen LogP contribution in [0.4, 0.5) is 0 Å². The van der Waals surface area contributed by atoms with E-state index in [1.54, 1.807) is 0 Å². The van der Waals surface area contributed by atoms with Gasteiger partial charge in [-0.15, -0.1) is 0 Å². The van der Waals surface area contributed by atoms with Crippen molar-refractivity contribution in [2.24, 2.45) is 5.73 Å². The molecule has 2 aliphatic rings. The molecule has 2 heterocycles. The number of ether oxygens (including phenoxy) is 1. The number of hydrogen-bond donors (Lipinski definition) is 1. The predicted molar refractivity (Wildman–Crippen MR) is 63.9 cm³/mol. The molecule has 0 radical (unpaired) electrons. The molecule has 17 heavy (non-hydrogen) atoms. The number of likely N-dealkylation sites (tertiary alicyclic amines) is 1. The van der Waals surface area contributed by atoms with Crippen molar-refractivity contribution in [3.8, 4) is 5.75 Å². The molecule has 90 valence electrons. The van der Waals surface area contributed by atoms with E-state index in [4.69, 9.17) is 10.5 Å². The lowest BCUT2D eigenvalue weighted by atomic mass is 10.00. The highest BCUT2D eigenvalue weighted by atomic mass is 16.5. The largest absolute Gasteiger partial charge is 0.492 e. The molecule has 0 saturated carbocycles. The summed E-state index contributed by atoms with van der Waals surface area (Å²) in [7, 11) is 0. The van der Waals surface area contributed by atoms with Gasteiger partial charge in [0, 0.05) is 24.7 Å². The number of amides is 1. The monoisotopic (exact) mass is 232 g/mol. The van der Waals surface area contributed by atoms with Crippen molar-refractivity contribution < 1.29 is 9.53 Å². The Bertz CT molecular complexity index is 447. The number of carbonyl (C=O) groups excluding carboxylic acids is 1. The lowest BCUT2D eigenvalue weighted by Gasteiger charge is -2.19. The smallest absolute Gasteiger partial charge is 0.233 e. The minimum absolute atomic E-state index is 0.136. The summed E-state index contributed by atoms with van der Waals surface area (Å²) >= 11 is 0. The SMILES string of the molecule is N[C@@H]1CCN(C(=O)C2COc3ccccc32)C1. The second kappa shape index (κ2) is 4.04. The van der Waals surface area contributed by atoms with E-state index >= 15 is 0 Å². The number of rotatable bonds is 1. The van der Waals surface area contributed by atoms with Crippen molar-refractivity contribution >= 4 is 5.91 Å². The third-order valence-electron chi connectivity index (χ3n) is 3.53. The Morgan fingerprint density at radius 1 is 1.41 bits per heavy atom. The molecule has 1 unspecified atom stereocenters. The summed E-state index contributed by atoms with van der Waals surface area (Å²) in [4.78, 5) is 14.2. The van der Waals surface area contributed by atoms with Crippen LogP contribution in [0.15, 0.2) is 24.3 Å². The van der Waals surface area contributed by atoms with Crippen LogP contribution in [-0.4, -0.2) is 36.5 Å². The van der Waals surface area contributed by atoms with Gasteiger partial charge in [-0.2, -0.15) is 0 Å². The van der Waals surface area contributed by atoms with Crippen molar-refractivity contribution in [1.29, 1.82) is 0 Å². The second-order valence-corrected chi connectivity index (χ2v) is 4.73. The number of para-hydroxylation sites is 1. The number of fused-ring (bicyclic) bond motifs is 1. The molecule has 0 spiro atoms. The molecule has 1 fully saturated rings. The fraction of sp³-hybridized carbons (Fsp3) is 0.462. The van der Waals surface area contributed by atoms with E-state index < -0.39 is 0 Å². The number of carbonyl (C=O) groups is 1. The maximum Gasteiger partial charge on any atom is 0.233 e. The maximum absolute atomic E-state index is 12.3. The van der Waals surface area contributed by atoms with Gasteiger partial charge < -0.3 is 15.4 Å². The molecule has 1 amide bonds. The molecule has 1 aromatic rings. The molecule has 4 nitrogen and oxygen atoms in total. The topological polar surface area (TPSA) is 55.6 Å². The van der Waals surface area contributed by atoms with Crippen LogP contribution < -0.4 is 10.5 Å². The molecule has 1 saturated heterocycles. The molecule has 2 aliphatic heterocycles. The van der Waals surface area contributed by atoms with E-state index in [1.165, 1.54) is 0 Å². The van der Waals surface area contributed by atoms with Gasteiger partial charge in [0.1, 0.15) is 18.3 Å². The number of benzene rings is 1. The van der Waals surface area contributed by atoms with Crippen molar-refractivity contribution in [3.63, 3.8) is 0 Å². The first kappa shape index (κ1) is 10.6. The number of hydrogen-bond acceptors (Lipinski definition) is 3.